The van der Waals surface area contributed by atoms with Crippen LogP contribution in [0.4, 0.5) is 0 Å². The van der Waals surface area contributed by atoms with Gasteiger partial charge in [-0.1, -0.05) is 0 Å². The number of benzene rings is 1. The first-order valence-corrected chi connectivity index (χ1v) is 17.4. The van der Waals surface area contributed by atoms with Crippen molar-refractivity contribution < 1.29 is 25.3 Å². The van der Waals surface area contributed by atoms with Crippen molar-refractivity contribution in [2.24, 2.45) is 0 Å². The van der Waals surface area contributed by atoms with Gasteiger partial charge in [0.2, 0.25) is 0 Å². The van der Waals surface area contributed by atoms with Crippen LogP contribution in [-0.4, -0.2) is 29.1 Å². The van der Waals surface area contributed by atoms with E-state index in [2.05, 4.69) is 24.4 Å². The second-order valence-electron chi connectivity index (χ2n) is 3.28. The second kappa shape index (κ2) is 7.61. The molecule has 2 nitrogen and oxygen atoms in total. The third-order valence-corrected chi connectivity index (χ3v) is 9.34. The topological polar surface area (TPSA) is 29.1 Å². The molecular formula is C11H14AtNOSn. The third kappa shape index (κ3) is 4.82. The van der Waals surface area contributed by atoms with E-state index in [4.69, 9.17) is 0 Å². The van der Waals surface area contributed by atoms with Gasteiger partial charge in [-0.15, -0.1) is 0 Å². The average molecular weight is 505 g/mol. The zero-order chi connectivity index (χ0) is 11.1. The van der Waals surface area contributed by atoms with Gasteiger partial charge in [0.1, 0.15) is 0 Å². The number of unbranched alkanes of at least 4 members (excludes halogenated alkanes) is 1. The number of nitrogens with one attached hydrogen (secondary N) is 1. The number of amides is 1. The molecule has 0 fully saturated rings. The molecule has 0 heterocycles. The zero-order valence-electron chi connectivity index (χ0n) is 8.72. The zero-order valence-corrected chi connectivity index (χ0v) is 14.5. The molecule has 1 N–H and O–H groups in total. The van der Waals surface area contributed by atoms with E-state index in [0.29, 0.717) is 0 Å². The maximum atomic E-state index is 11.6. The summed E-state index contributed by atoms with van der Waals surface area (Å²) in [7, 11) is 0. The predicted molar refractivity (Wildman–Crippen MR) is 59.1 cm³/mol. The average Bonchev–Trinajstić information content (AvgIpc) is 2.29. The van der Waals surface area contributed by atoms with Crippen LogP contribution < -0.4 is 8.90 Å². The van der Waals surface area contributed by atoms with Crippen molar-refractivity contribution in [2.75, 3.05) is 6.54 Å². The molecule has 15 heavy (non-hydrogen) atoms. The van der Waals surface area contributed by atoms with Gasteiger partial charge in [-0.25, -0.2) is 0 Å². The summed E-state index contributed by atoms with van der Waals surface area (Å²) in [4.78, 5) is 11.6. The van der Waals surface area contributed by atoms with E-state index >= 15 is 0 Å². The maximum absolute atomic E-state index is 11.6. The first-order valence-electron chi connectivity index (χ1n) is 5.03. The molecule has 2 radical (unpaired) electrons. The first-order chi connectivity index (χ1) is 7.27. The van der Waals surface area contributed by atoms with E-state index in [0.717, 1.165) is 24.9 Å². The van der Waals surface area contributed by atoms with Crippen LogP contribution in [0.15, 0.2) is 24.3 Å². The predicted octanol–water partition coefficient (Wildman–Crippen LogP) is 1.01. The quantitative estimate of drug-likeness (QED) is 0.471. The van der Waals surface area contributed by atoms with Crippen LogP contribution in [0.2, 0.25) is 0 Å². The Morgan fingerprint density at radius 3 is 2.60 bits per heavy atom. The van der Waals surface area contributed by atoms with Gasteiger partial charge in [0.25, 0.3) is 0 Å². The monoisotopic (exact) mass is 506 g/mol. The molecule has 0 aliphatic heterocycles. The summed E-state index contributed by atoms with van der Waals surface area (Å²) in [5.41, 5.74) is 0.786. The molecule has 0 aliphatic carbocycles. The fourth-order valence-corrected chi connectivity index (χ4v) is 5.29. The molecule has 0 saturated heterocycles. The molecular weight excluding hydrogens is 491 g/mol. The Morgan fingerprint density at radius 1 is 1.40 bits per heavy atom. The fourth-order valence-electron chi connectivity index (χ4n) is 1.17. The molecule has 0 saturated carbocycles. The molecule has 0 atom stereocenters. The Hall–Kier alpha value is 0.372. The minimum atomic E-state index is -0.294. The van der Waals surface area contributed by atoms with E-state index in [1.54, 1.807) is 0 Å². The molecule has 0 unspecified atom stereocenters. The van der Waals surface area contributed by atoms with Gasteiger partial charge in [0, 0.05) is 0 Å². The van der Waals surface area contributed by atoms with Crippen molar-refractivity contribution in [3.8, 4) is 0 Å². The minimum absolute atomic E-state index is 0.0569. The summed E-state index contributed by atoms with van der Waals surface area (Å²) in [6, 6.07) is 8.08. The Kier molecular flexibility index (Phi) is 6.82. The van der Waals surface area contributed by atoms with E-state index < -0.39 is 0 Å². The van der Waals surface area contributed by atoms with Crippen molar-refractivity contribution in [1.29, 1.82) is 0 Å². The van der Waals surface area contributed by atoms with Crippen LogP contribution in [0.1, 0.15) is 30.1 Å². The molecule has 0 aliphatic rings. The van der Waals surface area contributed by atoms with Crippen LogP contribution in [0.3, 0.4) is 0 Å². The van der Waals surface area contributed by atoms with Gasteiger partial charge >= 0.3 is 113 Å². The van der Waals surface area contributed by atoms with Crippen molar-refractivity contribution >= 4 is 26.1 Å². The van der Waals surface area contributed by atoms with Gasteiger partial charge in [0.05, 0.1) is 0 Å². The Bertz CT molecular complexity index is 313. The first kappa shape index (κ1) is 13.4. The molecule has 0 spiro atoms. The summed E-state index contributed by atoms with van der Waals surface area (Å²) < 4.78 is 1.46. The molecule has 1 rings (SSSR count). The Balaban J connectivity index is 2.50. The molecule has 80 valence electrons. The number of rotatable bonds is 5. The van der Waals surface area contributed by atoms with Crippen LogP contribution in [0, 0.1) is 20.5 Å². The van der Waals surface area contributed by atoms with Gasteiger partial charge in [-0.05, 0) is 0 Å². The normalized spacial score (nSPS) is 10.0. The van der Waals surface area contributed by atoms with Crippen LogP contribution in [0.5, 0.6) is 0 Å². The molecule has 0 bridgehead atoms. The summed E-state index contributed by atoms with van der Waals surface area (Å²) >= 11 is 1.61. The molecule has 0 aromatic heterocycles. The number of carbonyl (C=O) groups excluding carboxylic acids is 1. The van der Waals surface area contributed by atoms with E-state index in [1.165, 1.54) is 3.58 Å². The third-order valence-electron chi connectivity index (χ3n) is 2.07. The summed E-state index contributed by atoms with van der Waals surface area (Å²) in [6.45, 7) is 2.90. The second-order valence-corrected chi connectivity index (χ2v) is 10.4. The summed E-state index contributed by atoms with van der Waals surface area (Å²) in [5.74, 6) is 0.0569. The molecule has 1 aromatic rings. The molecule has 4 heteroatoms. The fraction of sp³-hybridized carbons (Fsp3) is 0.364. The van der Waals surface area contributed by atoms with Crippen molar-refractivity contribution in [3.05, 3.63) is 29.8 Å². The van der Waals surface area contributed by atoms with Crippen molar-refractivity contribution in [1.82, 2.24) is 5.32 Å². The SMILES string of the molecule is CCCCNC(=O)c1cc[c]([Sn][At])cc1. The Labute approximate surface area is 112 Å². The van der Waals surface area contributed by atoms with Crippen LogP contribution >= 0.6 is 0 Å². The molecule has 1 amide bonds. The van der Waals surface area contributed by atoms with Crippen molar-refractivity contribution in [2.45, 2.75) is 19.8 Å². The number of hydrogen-bond donors (Lipinski definition) is 1. The van der Waals surface area contributed by atoms with Gasteiger partial charge in [-0.2, -0.15) is 0 Å². The standard InChI is InChI=1S/C11H14NO.At.Sn/c1-2-3-9-12-11(13)10-7-5-4-6-8-10;;/h5-8H,2-3,9H2,1H3,(H,12,13);;/q;-1;+1. The number of hydrogen-bond acceptors (Lipinski definition) is 1. The van der Waals surface area contributed by atoms with Crippen LogP contribution in [0.25, 0.3) is 0 Å². The number of carbonyl (C=O) groups is 1. The van der Waals surface area contributed by atoms with Gasteiger partial charge < -0.3 is 0 Å². The van der Waals surface area contributed by atoms with Gasteiger partial charge in [0.15, 0.2) is 0 Å². The van der Waals surface area contributed by atoms with Crippen molar-refractivity contribution in [3.63, 3.8) is 0 Å². The van der Waals surface area contributed by atoms with Crippen LogP contribution in [-0.2, 0) is 0 Å². The van der Waals surface area contributed by atoms with E-state index in [9.17, 15) is 4.79 Å². The molecule has 1 aromatic carbocycles. The van der Waals surface area contributed by atoms with Gasteiger partial charge in [-0.3, -0.25) is 0 Å². The van der Waals surface area contributed by atoms with E-state index in [-0.39, 0.29) is 22.5 Å². The Morgan fingerprint density at radius 2 is 2.07 bits per heavy atom. The summed E-state index contributed by atoms with van der Waals surface area (Å²) in [6.07, 6.45) is 2.17. The summed E-state index contributed by atoms with van der Waals surface area (Å²) in [5, 5.41) is 2.92. The van der Waals surface area contributed by atoms with E-state index in [1.807, 2.05) is 32.7 Å².